The molecule has 1 N–H and O–H groups in total. The van der Waals surface area contributed by atoms with Crippen molar-refractivity contribution < 1.29 is 0 Å². The van der Waals surface area contributed by atoms with Gasteiger partial charge in [0.1, 0.15) is 5.82 Å². The molecule has 12 heavy (non-hydrogen) atoms. The first-order valence-electron chi connectivity index (χ1n) is 4.04. The number of allylic oxidation sites excluding steroid dienone is 1. The molecule has 0 bridgehead atoms. The largest absolute Gasteiger partial charge is 0.349 e. The molecule has 0 fully saturated rings. The lowest BCUT2D eigenvalue weighted by atomic mass is 10.3. The first-order valence-corrected chi connectivity index (χ1v) is 4.04. The Bertz CT molecular complexity index is 247. The van der Waals surface area contributed by atoms with Crippen LogP contribution in [-0.2, 0) is 6.42 Å². The number of aromatic amines is 1. The average molecular weight is 163 g/mol. The molecule has 0 aliphatic carbocycles. The molecule has 0 aliphatic heterocycles. The summed E-state index contributed by atoms with van der Waals surface area (Å²) >= 11 is 0. The smallest absolute Gasteiger partial charge is 0.106 e. The quantitative estimate of drug-likeness (QED) is 0.677. The van der Waals surface area contributed by atoms with Gasteiger partial charge in [-0.1, -0.05) is 6.08 Å². The van der Waals surface area contributed by atoms with Crippen molar-refractivity contribution >= 4 is 6.21 Å². The van der Waals surface area contributed by atoms with Gasteiger partial charge in [-0.25, -0.2) is 4.98 Å². The van der Waals surface area contributed by atoms with Gasteiger partial charge in [0.15, 0.2) is 0 Å². The lowest BCUT2D eigenvalue weighted by Crippen LogP contribution is -1.84. The number of hydrogen-bond acceptors (Lipinski definition) is 2. The van der Waals surface area contributed by atoms with E-state index in [1.54, 1.807) is 12.4 Å². The van der Waals surface area contributed by atoms with Gasteiger partial charge in [0.2, 0.25) is 0 Å². The topological polar surface area (TPSA) is 41.0 Å². The van der Waals surface area contributed by atoms with Crippen molar-refractivity contribution in [2.45, 2.75) is 19.8 Å². The van der Waals surface area contributed by atoms with E-state index in [9.17, 15) is 0 Å². The SMILES string of the molecule is CC=N/C=C\CCc1ncc[nH]1. The Morgan fingerprint density at radius 2 is 2.58 bits per heavy atom. The Labute approximate surface area is 72.3 Å². The molecule has 0 spiro atoms. The monoisotopic (exact) mass is 163 g/mol. The Balaban J connectivity index is 2.19. The van der Waals surface area contributed by atoms with E-state index in [-0.39, 0.29) is 0 Å². The van der Waals surface area contributed by atoms with Crippen LogP contribution in [0.15, 0.2) is 29.7 Å². The maximum atomic E-state index is 4.11. The van der Waals surface area contributed by atoms with E-state index in [2.05, 4.69) is 15.0 Å². The number of rotatable bonds is 4. The number of hydrogen-bond donors (Lipinski definition) is 1. The highest BCUT2D eigenvalue weighted by atomic mass is 14.9. The number of H-pyrrole nitrogens is 1. The molecule has 0 amide bonds. The van der Waals surface area contributed by atoms with Crippen molar-refractivity contribution in [2.24, 2.45) is 4.99 Å². The Kier molecular flexibility index (Phi) is 3.84. The third kappa shape index (κ3) is 3.14. The number of aromatic nitrogens is 2. The molecule has 0 atom stereocenters. The molecule has 0 saturated heterocycles. The van der Waals surface area contributed by atoms with Crippen LogP contribution in [0.4, 0.5) is 0 Å². The maximum absolute atomic E-state index is 4.11. The number of nitrogens with zero attached hydrogens (tertiary/aromatic N) is 2. The molecule has 0 saturated carbocycles. The summed E-state index contributed by atoms with van der Waals surface area (Å²) in [6.07, 6.45) is 11.1. The van der Waals surface area contributed by atoms with Crippen LogP contribution in [0.3, 0.4) is 0 Å². The van der Waals surface area contributed by atoms with Crippen LogP contribution in [0, 0.1) is 0 Å². The molecule has 1 aromatic rings. The Hall–Kier alpha value is -1.38. The summed E-state index contributed by atoms with van der Waals surface area (Å²) < 4.78 is 0. The lowest BCUT2D eigenvalue weighted by molar-refractivity contribution is 0.908. The van der Waals surface area contributed by atoms with Gasteiger partial charge >= 0.3 is 0 Å². The lowest BCUT2D eigenvalue weighted by Gasteiger charge is -1.88. The Morgan fingerprint density at radius 1 is 1.67 bits per heavy atom. The van der Waals surface area contributed by atoms with Crippen LogP contribution in [0.5, 0.6) is 0 Å². The van der Waals surface area contributed by atoms with Crippen molar-refractivity contribution in [1.29, 1.82) is 0 Å². The molecule has 0 aliphatic rings. The molecular weight excluding hydrogens is 150 g/mol. The molecule has 0 unspecified atom stereocenters. The molecule has 1 heterocycles. The second-order valence-corrected chi connectivity index (χ2v) is 2.37. The van der Waals surface area contributed by atoms with Gasteiger partial charge in [0, 0.05) is 31.2 Å². The van der Waals surface area contributed by atoms with Gasteiger partial charge in [-0.05, 0) is 13.3 Å². The highest BCUT2D eigenvalue weighted by Crippen LogP contribution is 1.95. The minimum atomic E-state index is 0.947. The number of aliphatic imine (C=N–C) groups is 1. The van der Waals surface area contributed by atoms with Gasteiger partial charge < -0.3 is 4.98 Å². The molecule has 64 valence electrons. The number of imidazole rings is 1. The Morgan fingerprint density at radius 3 is 3.25 bits per heavy atom. The standard InChI is InChI=1S/C9H13N3/c1-2-10-6-4-3-5-9-11-7-8-12-9/h2,4,6-8H,3,5H2,1H3,(H,11,12)/b6-4-,10-2?. The van der Waals surface area contributed by atoms with Crippen LogP contribution < -0.4 is 0 Å². The normalized spacial score (nSPS) is 11.8. The van der Waals surface area contributed by atoms with Crippen molar-refractivity contribution in [3.8, 4) is 0 Å². The van der Waals surface area contributed by atoms with Crippen LogP contribution in [0.2, 0.25) is 0 Å². The fourth-order valence-corrected chi connectivity index (χ4v) is 0.876. The average Bonchev–Trinajstić information content (AvgIpc) is 2.57. The van der Waals surface area contributed by atoms with E-state index in [1.807, 2.05) is 25.4 Å². The van der Waals surface area contributed by atoms with Crippen LogP contribution in [0.25, 0.3) is 0 Å². The summed E-state index contributed by atoms with van der Waals surface area (Å²) in [5.74, 6) is 1.03. The summed E-state index contributed by atoms with van der Waals surface area (Å²) in [4.78, 5) is 11.1. The van der Waals surface area contributed by atoms with E-state index in [1.165, 1.54) is 0 Å². The first-order chi connectivity index (χ1) is 5.93. The van der Waals surface area contributed by atoms with Gasteiger partial charge in [-0.3, -0.25) is 4.99 Å². The van der Waals surface area contributed by atoms with Gasteiger partial charge in [-0.2, -0.15) is 0 Å². The highest BCUT2D eigenvalue weighted by molar-refractivity contribution is 5.54. The summed E-state index contributed by atoms with van der Waals surface area (Å²) in [5.41, 5.74) is 0. The third-order valence-corrected chi connectivity index (χ3v) is 1.44. The number of aryl methyl sites for hydroxylation is 1. The fraction of sp³-hybridized carbons (Fsp3) is 0.333. The van der Waals surface area contributed by atoms with Crippen LogP contribution >= 0.6 is 0 Å². The zero-order chi connectivity index (χ0) is 8.65. The van der Waals surface area contributed by atoms with Crippen molar-refractivity contribution in [1.82, 2.24) is 9.97 Å². The minimum Gasteiger partial charge on any atom is -0.349 e. The molecule has 3 nitrogen and oxygen atoms in total. The van der Waals surface area contributed by atoms with Crippen molar-refractivity contribution in [2.75, 3.05) is 0 Å². The zero-order valence-electron chi connectivity index (χ0n) is 7.20. The fourth-order valence-electron chi connectivity index (χ4n) is 0.876. The number of nitrogens with one attached hydrogen (secondary N) is 1. The molecule has 1 aromatic heterocycles. The van der Waals surface area contributed by atoms with E-state index in [0.717, 1.165) is 18.7 Å². The van der Waals surface area contributed by atoms with E-state index in [4.69, 9.17) is 0 Å². The van der Waals surface area contributed by atoms with Gasteiger partial charge in [0.25, 0.3) is 0 Å². The van der Waals surface area contributed by atoms with Gasteiger partial charge in [-0.15, -0.1) is 0 Å². The highest BCUT2D eigenvalue weighted by Gasteiger charge is 1.89. The van der Waals surface area contributed by atoms with E-state index >= 15 is 0 Å². The molecule has 0 radical (unpaired) electrons. The third-order valence-electron chi connectivity index (χ3n) is 1.44. The second kappa shape index (κ2) is 5.29. The second-order valence-electron chi connectivity index (χ2n) is 2.37. The predicted molar refractivity (Wildman–Crippen MR) is 50.2 cm³/mol. The molecular formula is C9H13N3. The van der Waals surface area contributed by atoms with Gasteiger partial charge in [0.05, 0.1) is 0 Å². The molecule has 1 rings (SSSR count). The van der Waals surface area contributed by atoms with Crippen molar-refractivity contribution in [3.05, 3.63) is 30.5 Å². The maximum Gasteiger partial charge on any atom is 0.106 e. The summed E-state index contributed by atoms with van der Waals surface area (Å²) in [6.45, 7) is 1.90. The summed E-state index contributed by atoms with van der Waals surface area (Å²) in [6, 6.07) is 0. The summed E-state index contributed by atoms with van der Waals surface area (Å²) in [7, 11) is 0. The van der Waals surface area contributed by atoms with Crippen LogP contribution in [-0.4, -0.2) is 16.2 Å². The molecule has 3 heteroatoms. The van der Waals surface area contributed by atoms with E-state index < -0.39 is 0 Å². The molecule has 0 aromatic carbocycles. The first kappa shape index (κ1) is 8.71. The predicted octanol–water partition coefficient (Wildman–Crippen LogP) is 1.95. The zero-order valence-corrected chi connectivity index (χ0v) is 7.20. The van der Waals surface area contributed by atoms with Crippen molar-refractivity contribution in [3.63, 3.8) is 0 Å². The minimum absolute atomic E-state index is 0.947. The summed E-state index contributed by atoms with van der Waals surface area (Å²) in [5, 5.41) is 0. The van der Waals surface area contributed by atoms with Crippen LogP contribution in [0.1, 0.15) is 19.2 Å². The van der Waals surface area contributed by atoms with E-state index in [0.29, 0.717) is 0 Å².